The number of amides is 1. The Bertz CT molecular complexity index is 876. The summed E-state index contributed by atoms with van der Waals surface area (Å²) in [6.07, 6.45) is 1.22. The van der Waals surface area contributed by atoms with Crippen LogP contribution in [0.1, 0.15) is 12.6 Å². The number of fused-ring (bicyclic) bond motifs is 1. The third-order valence-corrected chi connectivity index (χ3v) is 3.53. The van der Waals surface area contributed by atoms with Gasteiger partial charge in [-0.1, -0.05) is 6.07 Å². The van der Waals surface area contributed by atoms with Gasteiger partial charge in [-0.3, -0.25) is 4.79 Å². The second kappa shape index (κ2) is 5.74. The van der Waals surface area contributed by atoms with Crippen molar-refractivity contribution in [2.45, 2.75) is 6.92 Å². The highest BCUT2D eigenvalue weighted by Crippen LogP contribution is 2.27. The highest BCUT2D eigenvalue weighted by Gasteiger charge is 2.52. The number of hydrogen-bond donors (Lipinski definition) is 1. The number of rotatable bonds is 2. The van der Waals surface area contributed by atoms with Gasteiger partial charge < -0.3 is 23.3 Å². The van der Waals surface area contributed by atoms with Gasteiger partial charge in [0.15, 0.2) is 5.69 Å². The Balaban J connectivity index is 2.05. The Kier molecular flexibility index (Phi) is 3.73. The minimum absolute atomic E-state index is 0.0658. The van der Waals surface area contributed by atoms with Crippen molar-refractivity contribution >= 4 is 30.0 Å². The second-order valence-electron chi connectivity index (χ2n) is 5.21. The summed E-state index contributed by atoms with van der Waals surface area (Å²) in [5.74, 6) is -0.260. The smallest absolute Gasteiger partial charge is 0.388 e. The van der Waals surface area contributed by atoms with Crippen LogP contribution in [0.15, 0.2) is 53.8 Å². The number of carbonyl (C=O) groups excluding carboxylic acids is 1. The maximum absolute atomic E-state index is 14.8. The molecule has 0 aliphatic carbocycles. The molecule has 0 bridgehead atoms. The zero-order valence-electron chi connectivity index (χ0n) is 12.6. The van der Waals surface area contributed by atoms with Crippen LogP contribution < -0.4 is 14.7 Å². The Labute approximate surface area is 136 Å². The molecule has 24 heavy (non-hydrogen) atoms. The van der Waals surface area contributed by atoms with Gasteiger partial charge >= 0.3 is 6.97 Å². The van der Waals surface area contributed by atoms with Crippen LogP contribution in [-0.4, -0.2) is 18.6 Å². The van der Waals surface area contributed by atoms with Gasteiger partial charge in [-0.25, -0.2) is 0 Å². The molecule has 0 atom stereocenters. The first kappa shape index (κ1) is 15.6. The van der Waals surface area contributed by atoms with Crippen molar-refractivity contribution in [3.8, 4) is 6.07 Å². The number of carbonyl (C=O) groups is 1. The first-order chi connectivity index (χ1) is 11.4. The summed E-state index contributed by atoms with van der Waals surface area (Å²) in [6.45, 7) is -2.88. The van der Waals surface area contributed by atoms with Crippen LogP contribution in [0.4, 0.5) is 20.0 Å². The molecule has 1 aliphatic heterocycles. The molecule has 9 heteroatoms. The molecule has 1 aliphatic rings. The third-order valence-electron chi connectivity index (χ3n) is 3.53. The number of hydrazone groups is 1. The molecule has 0 radical (unpaired) electrons. The van der Waals surface area contributed by atoms with Crippen molar-refractivity contribution in [3.63, 3.8) is 0 Å². The number of halogens is 2. The molecular weight excluding hydrogens is 315 g/mol. The van der Waals surface area contributed by atoms with Crippen LogP contribution >= 0.6 is 0 Å². The van der Waals surface area contributed by atoms with E-state index in [-0.39, 0.29) is 23.0 Å². The van der Waals surface area contributed by atoms with E-state index in [1.165, 1.54) is 49.5 Å². The van der Waals surface area contributed by atoms with Gasteiger partial charge in [0.05, 0.1) is 0 Å². The molecule has 0 spiro atoms. The quantitative estimate of drug-likeness (QED) is 0.857. The first-order valence-corrected chi connectivity index (χ1v) is 7.12. The van der Waals surface area contributed by atoms with Crippen LogP contribution in [0, 0.1) is 11.3 Å². The van der Waals surface area contributed by atoms with Gasteiger partial charge in [-0.05, 0) is 30.3 Å². The van der Waals surface area contributed by atoms with Crippen LogP contribution in [0.2, 0.25) is 0 Å². The fourth-order valence-corrected chi connectivity index (χ4v) is 2.49. The zero-order valence-corrected chi connectivity index (χ0v) is 12.6. The summed E-state index contributed by atoms with van der Waals surface area (Å²) in [7, 11) is 0. The van der Waals surface area contributed by atoms with Crippen LogP contribution in [0.25, 0.3) is 0 Å². The second-order valence-corrected chi connectivity index (χ2v) is 5.21. The predicted molar refractivity (Wildman–Crippen MR) is 85.4 cm³/mol. The van der Waals surface area contributed by atoms with Gasteiger partial charge in [0.25, 0.3) is 0 Å². The molecule has 2 heterocycles. The van der Waals surface area contributed by atoms with Crippen LogP contribution in [0.5, 0.6) is 0 Å². The van der Waals surface area contributed by atoms with Gasteiger partial charge in [-0.2, -0.15) is 10.4 Å². The molecular formula is C15H12BF2N5O. The van der Waals surface area contributed by atoms with Gasteiger partial charge in [0.2, 0.25) is 11.6 Å². The fourth-order valence-electron chi connectivity index (χ4n) is 2.49. The molecule has 1 amide bonds. The average Bonchev–Trinajstić information content (AvgIpc) is 2.56. The molecule has 0 saturated carbocycles. The van der Waals surface area contributed by atoms with E-state index < -0.39 is 6.97 Å². The highest BCUT2D eigenvalue weighted by atomic mass is 19.2. The van der Waals surface area contributed by atoms with E-state index in [1.54, 1.807) is 6.07 Å². The lowest BCUT2D eigenvalue weighted by atomic mass is 9.91. The number of nitriles is 1. The van der Waals surface area contributed by atoms with E-state index in [0.717, 1.165) is 4.48 Å². The fraction of sp³-hybridized carbons (Fsp3) is 0.0667. The minimum Gasteiger partial charge on any atom is -0.388 e. The standard InChI is InChI=1S/C15H12BF2N5O/c1-11(24)20-12-5-7-13(8-6-12)23-16(17,18)22-9-3-2-4-15(22)14(10-19)21-23/h2-9H,1H3,(H,20,24). The maximum atomic E-state index is 14.8. The van der Waals surface area contributed by atoms with E-state index in [4.69, 9.17) is 0 Å². The van der Waals surface area contributed by atoms with Crippen LogP contribution in [0.3, 0.4) is 0 Å². The molecule has 0 unspecified atom stereocenters. The van der Waals surface area contributed by atoms with E-state index in [2.05, 4.69) is 10.4 Å². The van der Waals surface area contributed by atoms with E-state index >= 15 is 0 Å². The van der Waals surface area contributed by atoms with Crippen molar-refractivity contribution in [1.82, 2.24) is 0 Å². The van der Waals surface area contributed by atoms with E-state index in [1.807, 2.05) is 6.07 Å². The van der Waals surface area contributed by atoms with Crippen molar-refractivity contribution in [1.29, 1.82) is 5.26 Å². The number of anilines is 2. The summed E-state index contributed by atoms with van der Waals surface area (Å²) >= 11 is 0. The lowest BCUT2D eigenvalue weighted by molar-refractivity contribution is -0.569. The number of hydrogen-bond acceptors (Lipinski definition) is 4. The van der Waals surface area contributed by atoms with Gasteiger partial charge in [0, 0.05) is 24.4 Å². The predicted octanol–water partition coefficient (Wildman–Crippen LogP) is 1.90. The molecule has 0 fully saturated rings. The van der Waals surface area contributed by atoms with Crippen molar-refractivity contribution in [3.05, 3.63) is 54.4 Å². The molecule has 0 saturated heterocycles. The molecule has 1 aromatic heterocycles. The molecule has 6 nitrogen and oxygen atoms in total. The minimum atomic E-state index is -4.24. The Hall–Kier alpha value is -3.28. The number of pyridine rings is 1. The van der Waals surface area contributed by atoms with Gasteiger partial charge in [0.1, 0.15) is 12.3 Å². The maximum Gasteiger partial charge on any atom is 0.753 e. The first-order valence-electron chi connectivity index (χ1n) is 7.12. The normalized spacial score (nSPS) is 15.1. The lowest BCUT2D eigenvalue weighted by Gasteiger charge is -2.34. The van der Waals surface area contributed by atoms with E-state index in [0.29, 0.717) is 10.6 Å². The largest absolute Gasteiger partial charge is 0.753 e. The monoisotopic (exact) mass is 327 g/mol. The van der Waals surface area contributed by atoms with Crippen molar-refractivity contribution in [2.24, 2.45) is 5.10 Å². The zero-order chi connectivity index (χ0) is 17.3. The number of nitrogens with zero attached hydrogens (tertiary/aromatic N) is 4. The van der Waals surface area contributed by atoms with Gasteiger partial charge in [-0.15, -0.1) is 0 Å². The molecule has 3 rings (SSSR count). The third kappa shape index (κ3) is 2.58. The van der Waals surface area contributed by atoms with Crippen molar-refractivity contribution < 1.29 is 17.9 Å². The molecule has 1 aromatic carbocycles. The summed E-state index contributed by atoms with van der Waals surface area (Å²) in [4.78, 5) is 11.6. The molecule has 1 N–H and O–H groups in total. The summed E-state index contributed by atoms with van der Waals surface area (Å²) < 4.78 is 30.4. The Morgan fingerprint density at radius 2 is 2.00 bits per heavy atom. The number of aromatic nitrogens is 1. The Morgan fingerprint density at radius 1 is 1.29 bits per heavy atom. The highest BCUT2D eigenvalue weighted by molar-refractivity contribution is 6.62. The average molecular weight is 327 g/mol. The topological polar surface area (TPSA) is 72.4 Å². The molecule has 120 valence electrons. The van der Waals surface area contributed by atoms with Crippen molar-refractivity contribution in [2.75, 3.05) is 10.2 Å². The summed E-state index contributed by atoms with van der Waals surface area (Å²) in [5, 5.41) is 15.6. The number of benzene rings is 1. The summed E-state index contributed by atoms with van der Waals surface area (Å²) in [6, 6.07) is 12.1. The number of nitrogens with one attached hydrogen (secondary N) is 1. The Morgan fingerprint density at radius 3 is 2.62 bits per heavy atom. The van der Waals surface area contributed by atoms with E-state index in [9.17, 15) is 18.7 Å². The summed E-state index contributed by atoms with van der Waals surface area (Å²) in [5.41, 5.74) is 0.561. The lowest BCUT2D eigenvalue weighted by Crippen LogP contribution is -2.72. The SMILES string of the molecule is CC(=O)Nc1ccc(N2N=C(C#N)c3cccc[n+]3[B-]2(F)F)cc1. The molecule has 2 aromatic rings. The van der Waals surface area contributed by atoms with Crippen LogP contribution in [-0.2, 0) is 4.79 Å².